The molecule has 0 heterocycles. The first-order valence-electron chi connectivity index (χ1n) is 7.84. The lowest BCUT2D eigenvalue weighted by molar-refractivity contribution is -0.184. The molecule has 0 saturated heterocycles. The van der Waals surface area contributed by atoms with Crippen LogP contribution in [-0.4, -0.2) is 52.0 Å². The number of hydrogen-bond acceptors (Lipinski definition) is 9. The Bertz CT molecular complexity index is 829. The molecule has 0 aromatic carbocycles. The minimum absolute atomic E-state index is 0.671. The summed E-state index contributed by atoms with van der Waals surface area (Å²) in [6, 6.07) is 0. The van der Waals surface area contributed by atoms with E-state index in [1.807, 2.05) is 0 Å². The van der Waals surface area contributed by atoms with Gasteiger partial charge < -0.3 is 0 Å². The summed E-state index contributed by atoms with van der Waals surface area (Å²) in [4.78, 5) is 113. The Labute approximate surface area is 153 Å². The van der Waals surface area contributed by atoms with Crippen molar-refractivity contribution in [1.82, 2.24) is 0 Å². The molecule has 27 heavy (non-hydrogen) atoms. The van der Waals surface area contributed by atoms with Crippen molar-refractivity contribution < 1.29 is 43.2 Å². The number of Topliss-reactive ketones (excluding diaryl/α,β-unsaturated/α-hetero) is 9. The molecule has 0 aromatic rings. The molecular formula is C18H18O9. The van der Waals surface area contributed by atoms with Crippen LogP contribution in [-0.2, 0) is 43.2 Å². The fourth-order valence-corrected chi connectivity index (χ4v) is 4.14. The zero-order valence-electron chi connectivity index (χ0n) is 15.7. The Balaban J connectivity index is 4.45. The molecule has 1 rings (SSSR count). The molecule has 144 valence electrons. The molecule has 0 spiro atoms. The Morgan fingerprint density at radius 2 is 0.778 bits per heavy atom. The summed E-state index contributed by atoms with van der Waals surface area (Å²) in [7, 11) is 0. The monoisotopic (exact) mass is 378 g/mol. The van der Waals surface area contributed by atoms with Crippen LogP contribution in [0.2, 0.25) is 0 Å². The van der Waals surface area contributed by atoms with Crippen LogP contribution in [0.5, 0.6) is 0 Å². The summed E-state index contributed by atoms with van der Waals surface area (Å²) < 4.78 is 0. The third-order valence-electron chi connectivity index (χ3n) is 5.30. The second-order valence-electron chi connectivity index (χ2n) is 6.57. The zero-order chi connectivity index (χ0) is 21.7. The van der Waals surface area contributed by atoms with Crippen LogP contribution in [0.1, 0.15) is 41.5 Å². The van der Waals surface area contributed by atoms with E-state index in [-0.39, 0.29) is 0 Å². The van der Waals surface area contributed by atoms with E-state index in [1.165, 1.54) is 0 Å². The van der Waals surface area contributed by atoms with Crippen molar-refractivity contribution in [3.63, 3.8) is 0 Å². The van der Waals surface area contributed by atoms with Gasteiger partial charge in [0.25, 0.3) is 0 Å². The van der Waals surface area contributed by atoms with E-state index in [4.69, 9.17) is 0 Å². The smallest absolute Gasteiger partial charge is 0.228 e. The first-order valence-corrected chi connectivity index (χ1v) is 7.84. The van der Waals surface area contributed by atoms with Crippen LogP contribution in [0.15, 0.2) is 0 Å². The van der Waals surface area contributed by atoms with Gasteiger partial charge in [0, 0.05) is 0 Å². The van der Waals surface area contributed by atoms with E-state index >= 15 is 0 Å². The number of ketones is 9. The first-order chi connectivity index (χ1) is 12.1. The molecule has 0 aliphatic heterocycles. The van der Waals surface area contributed by atoms with Crippen LogP contribution in [0.3, 0.4) is 0 Å². The van der Waals surface area contributed by atoms with Gasteiger partial charge >= 0.3 is 0 Å². The van der Waals surface area contributed by atoms with Gasteiger partial charge in [-0.05, 0) is 41.5 Å². The molecule has 1 aliphatic rings. The fourth-order valence-electron chi connectivity index (χ4n) is 4.14. The highest BCUT2D eigenvalue weighted by molar-refractivity contribution is 6.67. The van der Waals surface area contributed by atoms with Gasteiger partial charge in [0.2, 0.25) is 17.0 Å². The summed E-state index contributed by atoms with van der Waals surface area (Å²) in [5.74, 6) is -13.9. The molecule has 0 unspecified atom stereocenters. The summed E-state index contributed by atoms with van der Waals surface area (Å²) >= 11 is 0. The normalized spacial score (nSPS) is 20.0. The lowest BCUT2D eigenvalue weighted by Gasteiger charge is -2.49. The van der Waals surface area contributed by atoms with E-state index in [0.717, 1.165) is 0 Å². The molecule has 0 radical (unpaired) electrons. The van der Waals surface area contributed by atoms with Crippen molar-refractivity contribution in [1.29, 1.82) is 0 Å². The number of carbonyl (C=O) groups is 9. The van der Waals surface area contributed by atoms with Crippen molar-refractivity contribution in [2.24, 2.45) is 16.2 Å². The predicted molar refractivity (Wildman–Crippen MR) is 86.4 cm³/mol. The van der Waals surface area contributed by atoms with Gasteiger partial charge in [0.05, 0.1) is 0 Å². The summed E-state index contributed by atoms with van der Waals surface area (Å²) in [5, 5.41) is 0. The summed E-state index contributed by atoms with van der Waals surface area (Å²) in [6.07, 6.45) is 0. The molecule has 0 bridgehead atoms. The van der Waals surface area contributed by atoms with Crippen LogP contribution < -0.4 is 0 Å². The van der Waals surface area contributed by atoms with Gasteiger partial charge in [-0.3, -0.25) is 43.2 Å². The Morgan fingerprint density at radius 1 is 0.481 bits per heavy atom. The Morgan fingerprint density at radius 3 is 1.00 bits per heavy atom. The van der Waals surface area contributed by atoms with E-state index in [9.17, 15) is 43.2 Å². The highest BCUT2D eigenvalue weighted by Crippen LogP contribution is 2.54. The van der Waals surface area contributed by atoms with Gasteiger partial charge in [0.15, 0.2) is 51.3 Å². The van der Waals surface area contributed by atoms with Gasteiger partial charge in [-0.15, -0.1) is 0 Å². The second kappa shape index (κ2) is 6.33. The molecule has 1 fully saturated rings. The Kier molecular flexibility index (Phi) is 5.17. The average molecular weight is 378 g/mol. The largest absolute Gasteiger partial charge is 0.298 e. The molecule has 0 atom stereocenters. The minimum Gasteiger partial charge on any atom is -0.298 e. The third kappa shape index (κ3) is 2.08. The maximum absolute atomic E-state index is 13.4. The van der Waals surface area contributed by atoms with Gasteiger partial charge in [-0.2, -0.15) is 0 Å². The second-order valence-corrected chi connectivity index (χ2v) is 6.57. The predicted octanol–water partition coefficient (Wildman–Crippen LogP) is -0.799. The van der Waals surface area contributed by atoms with Crippen LogP contribution in [0, 0.1) is 16.2 Å². The Hall–Kier alpha value is -2.97. The van der Waals surface area contributed by atoms with Crippen molar-refractivity contribution in [2.45, 2.75) is 41.5 Å². The molecule has 1 aliphatic carbocycles. The fraction of sp³-hybridized carbons (Fsp3) is 0.500. The number of rotatable bonds is 6. The highest BCUT2D eigenvalue weighted by Gasteiger charge is 2.82. The lowest BCUT2D eigenvalue weighted by atomic mass is 9.42. The van der Waals surface area contributed by atoms with Gasteiger partial charge in [-0.25, -0.2) is 0 Å². The molecular weight excluding hydrogens is 360 g/mol. The highest BCUT2D eigenvalue weighted by atomic mass is 16.2. The first kappa shape index (κ1) is 22.1. The zero-order valence-corrected chi connectivity index (χ0v) is 15.7. The van der Waals surface area contributed by atoms with E-state index < -0.39 is 68.3 Å². The van der Waals surface area contributed by atoms with Crippen molar-refractivity contribution in [3.8, 4) is 0 Å². The maximum atomic E-state index is 13.4. The van der Waals surface area contributed by atoms with E-state index in [1.54, 1.807) is 0 Å². The maximum Gasteiger partial charge on any atom is 0.228 e. The quantitative estimate of drug-likeness (QED) is 0.427. The molecule has 9 nitrogen and oxygen atoms in total. The summed E-state index contributed by atoms with van der Waals surface area (Å²) in [6.45, 7) is 4.04. The topological polar surface area (TPSA) is 154 Å². The standard InChI is InChI=1S/C18H18O9/c1-7(19)16(8(2)20)13(25)14(26)17(9(3)21,10(4)22)18(11(5)23,12(6)24)15(16)27/h1-6H3. The molecule has 0 N–H and O–H groups in total. The molecule has 1 saturated carbocycles. The number of carbonyl (C=O) groups excluding carboxylic acids is 9. The molecule has 0 amide bonds. The average Bonchev–Trinajstić information content (AvgIpc) is 2.48. The third-order valence-corrected chi connectivity index (χ3v) is 5.30. The summed E-state index contributed by atoms with van der Waals surface area (Å²) in [5.41, 5.74) is -9.80. The van der Waals surface area contributed by atoms with E-state index in [0.29, 0.717) is 41.5 Å². The molecule has 0 aromatic heterocycles. The molecule has 9 heteroatoms. The van der Waals surface area contributed by atoms with Gasteiger partial charge in [0.1, 0.15) is 0 Å². The van der Waals surface area contributed by atoms with Crippen molar-refractivity contribution in [3.05, 3.63) is 0 Å². The van der Waals surface area contributed by atoms with Gasteiger partial charge in [-0.1, -0.05) is 0 Å². The van der Waals surface area contributed by atoms with Crippen molar-refractivity contribution >= 4 is 52.0 Å². The SMILES string of the molecule is CC(=O)C1(C(C)=O)C(=O)C(=O)C(C(C)=O)(C(C)=O)C(C(C)=O)(C(C)=O)C1=O. The van der Waals surface area contributed by atoms with Crippen LogP contribution in [0.25, 0.3) is 0 Å². The van der Waals surface area contributed by atoms with E-state index in [2.05, 4.69) is 0 Å². The minimum atomic E-state index is -3.28. The van der Waals surface area contributed by atoms with Crippen LogP contribution >= 0.6 is 0 Å². The number of hydrogen-bond donors (Lipinski definition) is 0. The van der Waals surface area contributed by atoms with Crippen molar-refractivity contribution in [2.75, 3.05) is 0 Å². The van der Waals surface area contributed by atoms with Crippen LogP contribution in [0.4, 0.5) is 0 Å². The lowest BCUT2D eigenvalue weighted by Crippen LogP contribution is -2.78.